The summed E-state index contributed by atoms with van der Waals surface area (Å²) in [6.45, 7) is 5.62. The topological polar surface area (TPSA) is 61.1 Å². The van der Waals surface area contributed by atoms with Crippen molar-refractivity contribution in [2.75, 3.05) is 6.26 Å². The smallest absolute Gasteiger partial charge is 0.171 e. The number of pyridine rings is 1. The maximum absolute atomic E-state index is 9.08. The molecule has 0 aliphatic carbocycles. The van der Waals surface area contributed by atoms with E-state index in [0.29, 0.717) is 6.26 Å². The highest BCUT2D eigenvalue weighted by atomic mass is 32.2. The van der Waals surface area contributed by atoms with Gasteiger partial charge in [0.25, 0.3) is 0 Å². The predicted molar refractivity (Wildman–Crippen MR) is 98.8 cm³/mol. The van der Waals surface area contributed by atoms with Crippen LogP contribution in [0, 0.1) is 6.92 Å². The number of unbranched alkanes of at least 4 members (excludes halogenated alkanes) is 9. The Morgan fingerprint density at radius 3 is 1.88 bits per heavy atom. The molecule has 0 N–H and O–H groups in total. The van der Waals surface area contributed by atoms with E-state index >= 15 is 0 Å². The van der Waals surface area contributed by atoms with Crippen LogP contribution in [0.25, 0.3) is 0 Å². The van der Waals surface area contributed by atoms with Crippen molar-refractivity contribution in [3.05, 3.63) is 30.1 Å². The molecule has 1 aromatic heterocycles. The number of aromatic nitrogens is 1. The van der Waals surface area contributed by atoms with Gasteiger partial charge in [0.1, 0.15) is 6.54 Å². The van der Waals surface area contributed by atoms with Crippen molar-refractivity contribution in [3.63, 3.8) is 0 Å². The van der Waals surface area contributed by atoms with Crippen LogP contribution in [-0.2, 0) is 16.7 Å². The third-order valence-electron chi connectivity index (χ3n) is 3.78. The normalized spacial score (nSPS) is 11.0. The molecular formula is C19H35NO3S. The van der Waals surface area contributed by atoms with Crippen molar-refractivity contribution in [1.29, 1.82) is 0 Å². The van der Waals surface area contributed by atoms with Gasteiger partial charge >= 0.3 is 0 Å². The van der Waals surface area contributed by atoms with Gasteiger partial charge < -0.3 is 4.55 Å². The first-order valence-corrected chi connectivity index (χ1v) is 11.0. The molecule has 0 aromatic carbocycles. The lowest BCUT2D eigenvalue weighted by Gasteiger charge is -2.01. The van der Waals surface area contributed by atoms with Crippen molar-refractivity contribution in [2.24, 2.45) is 0 Å². The number of hydrogen-bond donors (Lipinski definition) is 0. The van der Waals surface area contributed by atoms with Gasteiger partial charge in [-0.2, -0.15) is 0 Å². The molecular weight excluding hydrogens is 322 g/mol. The number of hydrogen-bond acceptors (Lipinski definition) is 3. The third-order valence-corrected chi connectivity index (χ3v) is 3.78. The molecule has 0 saturated heterocycles. The summed E-state index contributed by atoms with van der Waals surface area (Å²) in [4.78, 5) is 0. The lowest BCUT2D eigenvalue weighted by atomic mass is 10.1. The van der Waals surface area contributed by atoms with E-state index in [4.69, 9.17) is 13.0 Å². The Labute approximate surface area is 149 Å². The summed E-state index contributed by atoms with van der Waals surface area (Å²) in [5, 5.41) is 0. The Morgan fingerprint density at radius 1 is 0.958 bits per heavy atom. The molecule has 4 nitrogen and oxygen atoms in total. The number of nitrogens with zero attached hydrogens (tertiary/aromatic N) is 1. The van der Waals surface area contributed by atoms with E-state index in [-0.39, 0.29) is 0 Å². The fraction of sp³-hybridized carbons (Fsp3) is 0.737. The van der Waals surface area contributed by atoms with Crippen LogP contribution in [0.2, 0.25) is 0 Å². The molecule has 0 radical (unpaired) electrons. The van der Waals surface area contributed by atoms with Gasteiger partial charge in [-0.1, -0.05) is 58.3 Å². The summed E-state index contributed by atoms with van der Waals surface area (Å²) in [6, 6.07) is 4.31. The van der Waals surface area contributed by atoms with Crippen LogP contribution < -0.4 is 4.57 Å². The Kier molecular flexibility index (Phi) is 13.8. The van der Waals surface area contributed by atoms with Crippen molar-refractivity contribution in [1.82, 2.24) is 0 Å². The van der Waals surface area contributed by atoms with E-state index in [0.717, 1.165) is 0 Å². The van der Waals surface area contributed by atoms with Crippen LogP contribution in [0.1, 0.15) is 76.7 Å². The average Bonchev–Trinajstić information content (AvgIpc) is 2.47. The first-order valence-electron chi connectivity index (χ1n) is 9.19. The highest BCUT2D eigenvalue weighted by Crippen LogP contribution is 2.10. The molecule has 1 heterocycles. The fourth-order valence-corrected chi connectivity index (χ4v) is 2.57. The molecule has 0 spiro atoms. The van der Waals surface area contributed by atoms with Gasteiger partial charge in [-0.25, -0.2) is 13.0 Å². The van der Waals surface area contributed by atoms with Gasteiger partial charge in [0, 0.05) is 24.3 Å². The molecule has 0 unspecified atom stereocenters. The zero-order valence-corrected chi connectivity index (χ0v) is 16.5. The van der Waals surface area contributed by atoms with Gasteiger partial charge in [-0.3, -0.25) is 0 Å². The Balaban J connectivity index is 0.000000922. The van der Waals surface area contributed by atoms with Gasteiger partial charge in [0.15, 0.2) is 12.4 Å². The first-order chi connectivity index (χ1) is 11.3. The van der Waals surface area contributed by atoms with Crippen molar-refractivity contribution >= 4 is 10.1 Å². The maximum atomic E-state index is 9.08. The minimum atomic E-state index is -3.92. The summed E-state index contributed by atoms with van der Waals surface area (Å²) in [5.41, 5.74) is 1.36. The van der Waals surface area contributed by atoms with Gasteiger partial charge in [-0.15, -0.1) is 0 Å². The van der Waals surface area contributed by atoms with Crippen LogP contribution in [0.4, 0.5) is 0 Å². The SMILES string of the molecule is CCCCCCCCCCCC[n+]1cccc(C)c1.CS(=O)(=O)[O-]. The van der Waals surface area contributed by atoms with E-state index in [2.05, 4.69) is 42.9 Å². The van der Waals surface area contributed by atoms with E-state index in [9.17, 15) is 0 Å². The fourth-order valence-electron chi connectivity index (χ4n) is 2.57. The highest BCUT2D eigenvalue weighted by molar-refractivity contribution is 7.84. The van der Waals surface area contributed by atoms with Gasteiger partial charge in [0.05, 0.1) is 10.1 Å². The molecule has 0 aliphatic heterocycles. The van der Waals surface area contributed by atoms with Crippen molar-refractivity contribution < 1.29 is 17.5 Å². The molecule has 140 valence electrons. The minimum Gasteiger partial charge on any atom is -0.748 e. The van der Waals surface area contributed by atoms with E-state index in [1.807, 2.05) is 0 Å². The quantitative estimate of drug-likeness (QED) is 0.336. The number of rotatable bonds is 11. The van der Waals surface area contributed by atoms with Crippen LogP contribution in [0.3, 0.4) is 0 Å². The molecule has 0 bridgehead atoms. The average molecular weight is 358 g/mol. The molecule has 0 saturated carbocycles. The largest absolute Gasteiger partial charge is 0.748 e. The molecule has 0 aliphatic rings. The van der Waals surface area contributed by atoms with Crippen LogP contribution in [0.5, 0.6) is 0 Å². The van der Waals surface area contributed by atoms with Crippen molar-refractivity contribution in [3.8, 4) is 0 Å². The predicted octanol–water partition coefficient (Wildman–Crippen LogP) is 4.36. The van der Waals surface area contributed by atoms with Crippen molar-refractivity contribution in [2.45, 2.75) is 84.6 Å². The first kappa shape index (κ1) is 23.1. The van der Waals surface area contributed by atoms with Crippen LogP contribution in [-0.4, -0.2) is 19.2 Å². The second kappa shape index (κ2) is 14.4. The molecule has 0 fully saturated rings. The molecule has 24 heavy (non-hydrogen) atoms. The monoisotopic (exact) mass is 357 g/mol. The van der Waals surface area contributed by atoms with E-state index in [1.165, 1.54) is 76.3 Å². The lowest BCUT2D eigenvalue weighted by Crippen LogP contribution is -2.32. The lowest BCUT2D eigenvalue weighted by molar-refractivity contribution is -0.697. The molecule has 0 atom stereocenters. The molecule has 5 heteroatoms. The van der Waals surface area contributed by atoms with Crippen LogP contribution in [0.15, 0.2) is 24.5 Å². The van der Waals surface area contributed by atoms with E-state index in [1.54, 1.807) is 0 Å². The van der Waals surface area contributed by atoms with Gasteiger partial charge in [0.2, 0.25) is 0 Å². The molecule has 1 aromatic rings. The highest BCUT2D eigenvalue weighted by Gasteiger charge is 1.99. The standard InChI is InChI=1S/C18H32N.CH4O3S/c1-3-4-5-6-7-8-9-10-11-12-15-19-16-13-14-18(2)17-19;1-5(2,3)4/h13-14,16-17H,3-12,15H2,1-2H3;1H3,(H,2,3,4)/q+1;/p-1. The summed E-state index contributed by atoms with van der Waals surface area (Å²) < 4.78 is 29.5. The maximum Gasteiger partial charge on any atom is 0.171 e. The zero-order valence-electron chi connectivity index (χ0n) is 15.7. The van der Waals surface area contributed by atoms with Gasteiger partial charge in [-0.05, 0) is 19.4 Å². The second-order valence-electron chi connectivity index (χ2n) is 6.51. The molecule has 1 rings (SSSR count). The molecule has 0 amide bonds. The Bertz CT molecular complexity index is 507. The number of aryl methyl sites for hydroxylation is 2. The summed E-state index contributed by atoms with van der Waals surface area (Å²) >= 11 is 0. The zero-order chi connectivity index (χ0) is 18.3. The summed E-state index contributed by atoms with van der Waals surface area (Å²) in [6.07, 6.45) is 19.2. The minimum absolute atomic E-state index is 0.604. The second-order valence-corrected chi connectivity index (χ2v) is 7.91. The van der Waals surface area contributed by atoms with E-state index < -0.39 is 10.1 Å². The third kappa shape index (κ3) is 19.1. The van der Waals surface area contributed by atoms with Crippen LogP contribution >= 0.6 is 0 Å². The Hall–Kier alpha value is -0.940. The summed E-state index contributed by atoms with van der Waals surface area (Å²) in [5.74, 6) is 0. The summed E-state index contributed by atoms with van der Waals surface area (Å²) in [7, 11) is -3.92. The Morgan fingerprint density at radius 2 is 1.42 bits per heavy atom.